The lowest BCUT2D eigenvalue weighted by atomic mass is 9.96. The molecule has 1 heterocycles. The number of carboxylic acids is 1. The van der Waals surface area contributed by atoms with Crippen molar-refractivity contribution in [1.29, 1.82) is 0 Å². The highest BCUT2D eigenvalue weighted by Gasteiger charge is 2.41. The number of nitrogens with zero attached hydrogens (tertiary/aromatic N) is 2. The van der Waals surface area contributed by atoms with E-state index in [1.165, 1.54) is 18.7 Å². The Kier molecular flexibility index (Phi) is 26.8. The SMILES string of the molecule is CC[C@H](C)[C@H](NC(=O)[C@H](CO)NC(=O)[C@H](CCCN=C(N)N)NC(=O)[C@H](CC(C)C)NC(=O)[C@H](CC(C)C)NC(=O)[C@H](C)NC(=O)[C@H](CO)NC(=O)CN)C(=O)N1CCC[C@H]1C(=O)N[C@@H](C)C(=O)O. The van der Waals surface area contributed by atoms with Crippen LogP contribution in [0.3, 0.4) is 0 Å². The van der Waals surface area contributed by atoms with Gasteiger partial charge in [0.1, 0.15) is 54.4 Å². The number of aliphatic carboxylic acids is 1. The molecule has 1 fully saturated rings. The van der Waals surface area contributed by atoms with Gasteiger partial charge >= 0.3 is 5.97 Å². The maximum atomic E-state index is 14.1. The average Bonchev–Trinajstić information content (AvgIpc) is 3.78. The van der Waals surface area contributed by atoms with Gasteiger partial charge < -0.3 is 80.0 Å². The lowest BCUT2D eigenvalue weighted by Gasteiger charge is -2.32. The van der Waals surface area contributed by atoms with Crippen LogP contribution in [0, 0.1) is 17.8 Å². The van der Waals surface area contributed by atoms with Crippen LogP contribution in [-0.2, 0) is 47.9 Å². The molecule has 0 aromatic carbocycles. The highest BCUT2D eigenvalue weighted by Crippen LogP contribution is 2.22. The quantitative estimate of drug-likeness (QED) is 0.0182. The van der Waals surface area contributed by atoms with E-state index in [1.54, 1.807) is 41.5 Å². The number of nitrogens with two attached hydrogens (primary N) is 3. The molecule has 1 aliphatic heterocycles. The monoisotopic (exact) mass is 984 g/mol. The lowest BCUT2D eigenvalue weighted by molar-refractivity contribution is -0.145. The molecule has 26 heteroatoms. The van der Waals surface area contributed by atoms with E-state index in [-0.39, 0.29) is 63.0 Å². The van der Waals surface area contributed by atoms with Crippen LogP contribution in [0.1, 0.15) is 100 Å². The Morgan fingerprint density at radius 3 is 1.61 bits per heavy atom. The largest absolute Gasteiger partial charge is 0.480 e. The van der Waals surface area contributed by atoms with E-state index < -0.39 is 139 Å². The zero-order chi connectivity index (χ0) is 52.7. The first-order valence-electron chi connectivity index (χ1n) is 23.2. The van der Waals surface area contributed by atoms with Gasteiger partial charge in [-0.15, -0.1) is 0 Å². The standard InChI is InChI=1S/C43H77N13O13/c1-9-23(6)33(41(67)56-15-11-13-31(56)40(66)49-25(8)42(68)69)55-39(65)30(20-58)54-35(61)26(12-10-14-47-43(45)46)51-36(62)28(17-22(4)5)53-37(63)27(16-21(2)3)52-34(60)24(7)48-38(64)29(19-57)50-32(59)18-44/h21-31,33,57-58H,9-20,44H2,1-8H3,(H,48,64)(H,49,66)(H,50,59)(H,51,62)(H,52,60)(H,53,63)(H,54,61)(H,55,65)(H,68,69)(H4,45,46,47)/t23-,24-,25-,26-,27-,28-,29-,30-,31-,33-/m0/s1. The van der Waals surface area contributed by atoms with Crippen LogP contribution in [0.4, 0.5) is 0 Å². The van der Waals surface area contributed by atoms with Crippen molar-refractivity contribution >= 4 is 65.1 Å². The minimum atomic E-state index is -1.65. The van der Waals surface area contributed by atoms with E-state index in [4.69, 9.17) is 17.2 Å². The van der Waals surface area contributed by atoms with E-state index >= 15 is 0 Å². The molecule has 0 spiro atoms. The Bertz CT molecular complexity index is 1810. The van der Waals surface area contributed by atoms with Crippen molar-refractivity contribution in [3.05, 3.63) is 0 Å². The summed E-state index contributed by atoms with van der Waals surface area (Å²) >= 11 is 0. The molecular formula is C43H77N13O13. The van der Waals surface area contributed by atoms with E-state index in [2.05, 4.69) is 47.5 Å². The number of aliphatic imine (C=N–C) groups is 1. The Morgan fingerprint density at radius 2 is 1.12 bits per heavy atom. The number of likely N-dealkylation sites (tertiary alicyclic amines) is 1. The molecule has 0 aliphatic carbocycles. The minimum absolute atomic E-state index is 0.0277. The van der Waals surface area contributed by atoms with Crippen LogP contribution in [-0.4, -0.2) is 173 Å². The number of carboxylic acid groups (broad SMARTS) is 1. The molecule has 1 saturated heterocycles. The third-order valence-corrected chi connectivity index (χ3v) is 11.2. The van der Waals surface area contributed by atoms with Gasteiger partial charge in [-0.1, -0.05) is 48.0 Å². The second kappa shape index (κ2) is 30.4. The highest BCUT2D eigenvalue weighted by atomic mass is 16.4. The number of rotatable bonds is 30. The highest BCUT2D eigenvalue weighted by molar-refractivity contribution is 5.98. The number of carbonyl (C=O) groups is 10. The fourth-order valence-electron chi connectivity index (χ4n) is 7.10. The van der Waals surface area contributed by atoms with Crippen molar-refractivity contribution in [3.8, 4) is 0 Å². The summed E-state index contributed by atoms with van der Waals surface area (Å²) in [5.74, 6) is -9.57. The normalized spacial score (nSPS) is 17.3. The van der Waals surface area contributed by atoms with Crippen molar-refractivity contribution in [2.75, 3.05) is 32.8 Å². The molecule has 392 valence electrons. The molecule has 0 aromatic heterocycles. The van der Waals surface area contributed by atoms with Gasteiger partial charge in [0, 0.05) is 13.1 Å². The fraction of sp³-hybridized carbons (Fsp3) is 0.744. The molecule has 0 bridgehead atoms. The van der Waals surface area contributed by atoms with Gasteiger partial charge in [0.05, 0.1) is 19.8 Å². The summed E-state index contributed by atoms with van der Waals surface area (Å²) in [5.41, 5.74) is 16.2. The number of amides is 9. The van der Waals surface area contributed by atoms with Crippen LogP contribution in [0.25, 0.3) is 0 Å². The molecule has 0 aromatic rings. The number of carbonyl (C=O) groups excluding carboxylic acids is 9. The maximum absolute atomic E-state index is 14.1. The van der Waals surface area contributed by atoms with Crippen molar-refractivity contribution in [1.82, 2.24) is 47.4 Å². The molecule has 0 saturated carbocycles. The van der Waals surface area contributed by atoms with Gasteiger partial charge in [0.15, 0.2) is 5.96 Å². The second-order valence-electron chi connectivity index (χ2n) is 18.0. The summed E-state index contributed by atoms with van der Waals surface area (Å²) in [6.07, 6.45) is 1.23. The average molecular weight is 984 g/mol. The molecule has 1 aliphatic rings. The molecule has 10 atom stereocenters. The van der Waals surface area contributed by atoms with Crippen molar-refractivity contribution in [2.24, 2.45) is 39.9 Å². The third kappa shape index (κ3) is 20.9. The predicted octanol–water partition coefficient (Wildman–Crippen LogP) is -4.88. The first kappa shape index (κ1) is 60.9. The Hall–Kier alpha value is -6.15. The summed E-state index contributed by atoms with van der Waals surface area (Å²) in [5, 5.41) is 49.1. The zero-order valence-electron chi connectivity index (χ0n) is 41.0. The molecule has 9 amide bonds. The predicted molar refractivity (Wildman–Crippen MR) is 251 cm³/mol. The Morgan fingerprint density at radius 1 is 0.638 bits per heavy atom. The Labute approximate surface area is 402 Å². The summed E-state index contributed by atoms with van der Waals surface area (Å²) < 4.78 is 0. The lowest BCUT2D eigenvalue weighted by Crippen LogP contribution is -2.61. The Balaban J connectivity index is 3.36. The van der Waals surface area contributed by atoms with Crippen LogP contribution in [0.2, 0.25) is 0 Å². The second-order valence-corrected chi connectivity index (χ2v) is 18.0. The first-order chi connectivity index (χ1) is 32.3. The molecule has 0 radical (unpaired) electrons. The number of aliphatic hydroxyl groups excluding tert-OH is 2. The van der Waals surface area contributed by atoms with Crippen LogP contribution < -0.4 is 59.7 Å². The van der Waals surface area contributed by atoms with Gasteiger partial charge in [-0.25, -0.2) is 0 Å². The van der Waals surface area contributed by atoms with E-state index in [1.807, 2.05) is 0 Å². The minimum Gasteiger partial charge on any atom is -0.480 e. The van der Waals surface area contributed by atoms with Crippen LogP contribution in [0.5, 0.6) is 0 Å². The summed E-state index contributed by atoms with van der Waals surface area (Å²) in [7, 11) is 0. The first-order valence-corrected chi connectivity index (χ1v) is 23.2. The topological polar surface area (TPSA) is 421 Å². The van der Waals surface area contributed by atoms with Crippen molar-refractivity contribution < 1.29 is 63.3 Å². The number of guanidine groups is 1. The summed E-state index contributed by atoms with van der Waals surface area (Å²) in [6, 6.07) is -11.7. The maximum Gasteiger partial charge on any atom is 0.325 e. The fourth-order valence-corrected chi connectivity index (χ4v) is 7.10. The molecule has 26 nitrogen and oxygen atoms in total. The third-order valence-electron chi connectivity index (χ3n) is 11.2. The molecule has 0 unspecified atom stereocenters. The van der Waals surface area contributed by atoms with E-state index in [9.17, 15) is 63.3 Å². The number of nitrogens with one attached hydrogen (secondary N) is 8. The number of hydrogen-bond donors (Lipinski definition) is 14. The number of aliphatic hydroxyl groups is 2. The molecule has 17 N–H and O–H groups in total. The molecule has 1 rings (SSSR count). The van der Waals surface area contributed by atoms with Crippen LogP contribution >= 0.6 is 0 Å². The molecular weight excluding hydrogens is 907 g/mol. The molecule has 69 heavy (non-hydrogen) atoms. The summed E-state index contributed by atoms with van der Waals surface area (Å²) in [6.45, 7) is 11.2. The summed E-state index contributed by atoms with van der Waals surface area (Å²) in [4.78, 5) is 137. The van der Waals surface area contributed by atoms with Gasteiger partial charge in [0.2, 0.25) is 53.2 Å². The van der Waals surface area contributed by atoms with Crippen molar-refractivity contribution in [3.63, 3.8) is 0 Å². The van der Waals surface area contributed by atoms with Crippen LogP contribution in [0.15, 0.2) is 4.99 Å². The van der Waals surface area contributed by atoms with Crippen molar-refractivity contribution in [2.45, 2.75) is 155 Å². The van der Waals surface area contributed by atoms with E-state index in [0.717, 1.165) is 0 Å². The van der Waals surface area contributed by atoms with Gasteiger partial charge in [-0.05, 0) is 70.1 Å². The van der Waals surface area contributed by atoms with Gasteiger partial charge in [0.25, 0.3) is 0 Å². The zero-order valence-corrected chi connectivity index (χ0v) is 41.0. The van der Waals surface area contributed by atoms with Gasteiger partial charge in [-0.3, -0.25) is 52.9 Å². The number of hydrogen-bond acceptors (Lipinski definition) is 14. The van der Waals surface area contributed by atoms with E-state index in [0.29, 0.717) is 12.8 Å². The van der Waals surface area contributed by atoms with Gasteiger partial charge in [-0.2, -0.15) is 0 Å². The smallest absolute Gasteiger partial charge is 0.325 e.